The standard InChI is InChI=1S/C20H24O3S/c1-13-12-18(15-6-8-16(9-7-15)24(5,21)22)17-10-11-20(3,4)23-19(17)14(13)2/h6-9,12H,10-11H2,1-5H3. The Kier molecular flexibility index (Phi) is 3.99. The molecule has 0 saturated heterocycles. The molecule has 0 fully saturated rings. The Balaban J connectivity index is 2.14. The van der Waals surface area contributed by atoms with Crippen LogP contribution in [-0.4, -0.2) is 20.3 Å². The van der Waals surface area contributed by atoms with E-state index >= 15 is 0 Å². The smallest absolute Gasteiger partial charge is 0.175 e. The molecule has 0 bridgehead atoms. The second-order valence-corrected chi connectivity index (χ2v) is 9.35. The van der Waals surface area contributed by atoms with Gasteiger partial charge in [-0.05, 0) is 74.9 Å². The molecule has 2 aromatic carbocycles. The molecule has 0 atom stereocenters. The lowest BCUT2D eigenvalue weighted by molar-refractivity contribution is 0.0838. The number of ether oxygens (including phenoxy) is 1. The van der Waals surface area contributed by atoms with Gasteiger partial charge < -0.3 is 4.74 Å². The Labute approximate surface area is 144 Å². The van der Waals surface area contributed by atoms with Crippen LogP contribution in [0.2, 0.25) is 0 Å². The van der Waals surface area contributed by atoms with Crippen LogP contribution < -0.4 is 4.74 Å². The van der Waals surface area contributed by atoms with Crippen molar-refractivity contribution in [3.8, 4) is 16.9 Å². The zero-order valence-electron chi connectivity index (χ0n) is 14.9. The van der Waals surface area contributed by atoms with Crippen molar-refractivity contribution in [3.63, 3.8) is 0 Å². The molecule has 0 N–H and O–H groups in total. The maximum absolute atomic E-state index is 11.7. The minimum Gasteiger partial charge on any atom is -0.487 e. The number of hydrogen-bond donors (Lipinski definition) is 0. The third-order valence-electron chi connectivity index (χ3n) is 4.84. The highest BCUT2D eigenvalue weighted by Gasteiger charge is 2.30. The maximum atomic E-state index is 11.7. The molecule has 0 unspecified atom stereocenters. The van der Waals surface area contributed by atoms with Crippen molar-refractivity contribution in [2.45, 2.75) is 51.0 Å². The van der Waals surface area contributed by atoms with Crippen LogP contribution >= 0.6 is 0 Å². The molecule has 0 amide bonds. The molecule has 0 saturated carbocycles. The lowest BCUT2D eigenvalue weighted by atomic mass is 9.86. The van der Waals surface area contributed by atoms with Gasteiger partial charge in [0.05, 0.1) is 4.90 Å². The van der Waals surface area contributed by atoms with Gasteiger partial charge in [0.2, 0.25) is 0 Å². The number of fused-ring (bicyclic) bond motifs is 1. The first-order chi connectivity index (χ1) is 11.1. The van der Waals surface area contributed by atoms with Gasteiger partial charge in [0.15, 0.2) is 9.84 Å². The van der Waals surface area contributed by atoms with Crippen LogP contribution in [0.4, 0.5) is 0 Å². The van der Waals surface area contributed by atoms with Gasteiger partial charge in [0.25, 0.3) is 0 Å². The lowest BCUT2D eigenvalue weighted by Crippen LogP contribution is -2.33. The number of sulfone groups is 1. The molecule has 1 aliphatic rings. The van der Waals surface area contributed by atoms with Crippen molar-refractivity contribution >= 4 is 9.84 Å². The summed E-state index contributed by atoms with van der Waals surface area (Å²) in [7, 11) is -3.17. The van der Waals surface area contributed by atoms with E-state index in [2.05, 4.69) is 33.8 Å². The number of hydrogen-bond acceptors (Lipinski definition) is 3. The van der Waals surface area contributed by atoms with Crippen LogP contribution in [0.1, 0.15) is 37.0 Å². The van der Waals surface area contributed by atoms with E-state index in [-0.39, 0.29) is 5.60 Å². The number of rotatable bonds is 2. The molecule has 0 aliphatic carbocycles. The molecule has 2 aromatic rings. The molecule has 1 aliphatic heterocycles. The van der Waals surface area contributed by atoms with Crippen LogP contribution in [0.3, 0.4) is 0 Å². The summed E-state index contributed by atoms with van der Waals surface area (Å²) in [5, 5.41) is 0. The highest BCUT2D eigenvalue weighted by Crippen LogP contribution is 2.42. The van der Waals surface area contributed by atoms with Crippen molar-refractivity contribution in [2.75, 3.05) is 6.26 Å². The van der Waals surface area contributed by atoms with Crippen LogP contribution in [0.25, 0.3) is 11.1 Å². The Hall–Kier alpha value is -1.81. The van der Waals surface area contributed by atoms with Gasteiger partial charge in [0, 0.05) is 11.8 Å². The first-order valence-electron chi connectivity index (χ1n) is 8.21. The van der Waals surface area contributed by atoms with Gasteiger partial charge in [-0.25, -0.2) is 8.42 Å². The van der Waals surface area contributed by atoms with E-state index in [1.165, 1.54) is 22.9 Å². The minimum atomic E-state index is -3.17. The van der Waals surface area contributed by atoms with E-state index in [0.29, 0.717) is 4.90 Å². The third kappa shape index (κ3) is 3.07. The molecular weight excluding hydrogens is 320 g/mol. The quantitative estimate of drug-likeness (QED) is 0.807. The van der Waals surface area contributed by atoms with Gasteiger partial charge in [-0.15, -0.1) is 0 Å². The lowest BCUT2D eigenvalue weighted by Gasteiger charge is -2.35. The Morgan fingerprint density at radius 3 is 2.29 bits per heavy atom. The number of aryl methyl sites for hydroxylation is 1. The predicted molar refractivity (Wildman–Crippen MR) is 97.5 cm³/mol. The SMILES string of the molecule is Cc1cc(-c2ccc(S(C)(=O)=O)cc2)c2c(c1C)OC(C)(C)CC2. The molecule has 0 radical (unpaired) electrons. The minimum absolute atomic E-state index is 0.150. The van der Waals surface area contributed by atoms with E-state index in [1.54, 1.807) is 12.1 Å². The van der Waals surface area contributed by atoms with Crippen LogP contribution in [0.5, 0.6) is 5.75 Å². The van der Waals surface area contributed by atoms with Crippen molar-refractivity contribution in [1.82, 2.24) is 0 Å². The summed E-state index contributed by atoms with van der Waals surface area (Å²) in [5.74, 6) is 0.994. The second kappa shape index (κ2) is 5.62. The fourth-order valence-electron chi connectivity index (χ4n) is 3.22. The van der Waals surface area contributed by atoms with E-state index in [9.17, 15) is 8.42 Å². The molecule has 0 aromatic heterocycles. The molecule has 4 heteroatoms. The summed E-state index contributed by atoms with van der Waals surface area (Å²) in [6.07, 6.45) is 3.17. The van der Waals surface area contributed by atoms with E-state index in [1.807, 2.05) is 12.1 Å². The van der Waals surface area contributed by atoms with Crippen LogP contribution in [0, 0.1) is 13.8 Å². The summed E-state index contributed by atoms with van der Waals surface area (Å²) < 4.78 is 29.6. The van der Waals surface area contributed by atoms with Crippen LogP contribution in [-0.2, 0) is 16.3 Å². The largest absolute Gasteiger partial charge is 0.487 e. The van der Waals surface area contributed by atoms with Gasteiger partial charge >= 0.3 is 0 Å². The van der Waals surface area contributed by atoms with E-state index in [0.717, 1.165) is 29.7 Å². The zero-order chi connectivity index (χ0) is 17.7. The average molecular weight is 344 g/mol. The maximum Gasteiger partial charge on any atom is 0.175 e. The van der Waals surface area contributed by atoms with Crippen LogP contribution in [0.15, 0.2) is 35.2 Å². The summed E-state index contributed by atoms with van der Waals surface area (Å²) in [6, 6.07) is 9.33. The van der Waals surface area contributed by atoms with Crippen molar-refractivity contribution in [3.05, 3.63) is 47.0 Å². The first-order valence-corrected chi connectivity index (χ1v) is 10.1. The highest BCUT2D eigenvalue weighted by molar-refractivity contribution is 7.90. The zero-order valence-corrected chi connectivity index (χ0v) is 15.8. The molecule has 24 heavy (non-hydrogen) atoms. The summed E-state index contributed by atoms with van der Waals surface area (Å²) >= 11 is 0. The van der Waals surface area contributed by atoms with Crippen molar-refractivity contribution in [1.29, 1.82) is 0 Å². The molecule has 128 valence electrons. The second-order valence-electron chi connectivity index (χ2n) is 7.33. The molecule has 1 heterocycles. The molecule has 3 rings (SSSR count). The third-order valence-corrected chi connectivity index (χ3v) is 5.97. The molecule has 3 nitrogen and oxygen atoms in total. The van der Waals surface area contributed by atoms with Gasteiger partial charge in [-0.3, -0.25) is 0 Å². The Morgan fingerprint density at radius 1 is 1.08 bits per heavy atom. The fraction of sp³-hybridized carbons (Fsp3) is 0.400. The van der Waals surface area contributed by atoms with Gasteiger partial charge in [-0.1, -0.05) is 18.2 Å². The summed E-state index contributed by atoms with van der Waals surface area (Å²) in [4.78, 5) is 0.348. The predicted octanol–water partition coefficient (Wildman–Crippen LogP) is 4.48. The highest BCUT2D eigenvalue weighted by atomic mass is 32.2. The van der Waals surface area contributed by atoms with Gasteiger partial charge in [0.1, 0.15) is 11.4 Å². The monoisotopic (exact) mass is 344 g/mol. The molecule has 0 spiro atoms. The van der Waals surface area contributed by atoms with E-state index in [4.69, 9.17) is 4.74 Å². The van der Waals surface area contributed by atoms with Gasteiger partial charge in [-0.2, -0.15) is 0 Å². The Bertz CT molecular complexity index is 891. The molecular formula is C20H24O3S. The first kappa shape index (κ1) is 17.0. The fourth-order valence-corrected chi connectivity index (χ4v) is 3.85. The average Bonchev–Trinajstić information content (AvgIpc) is 2.50. The Morgan fingerprint density at radius 2 is 1.71 bits per heavy atom. The normalized spacial score (nSPS) is 16.4. The van der Waals surface area contributed by atoms with Crippen molar-refractivity contribution in [2.24, 2.45) is 0 Å². The summed E-state index contributed by atoms with van der Waals surface area (Å²) in [6.45, 7) is 8.44. The topological polar surface area (TPSA) is 43.4 Å². The number of benzene rings is 2. The summed E-state index contributed by atoms with van der Waals surface area (Å²) in [5.41, 5.74) is 5.63. The van der Waals surface area contributed by atoms with E-state index < -0.39 is 9.84 Å². The van der Waals surface area contributed by atoms with Crippen molar-refractivity contribution < 1.29 is 13.2 Å².